The van der Waals surface area contributed by atoms with Crippen molar-refractivity contribution in [2.45, 2.75) is 32.1 Å². The van der Waals surface area contributed by atoms with Crippen molar-refractivity contribution in [3.05, 3.63) is 94.7 Å². The molecule has 2 N–H and O–H groups in total. The molecule has 1 aliphatic heterocycles. The Hall–Kier alpha value is -3.91. The van der Waals surface area contributed by atoms with Gasteiger partial charge in [-0.15, -0.1) is 0 Å². The minimum Gasteiger partial charge on any atom is -0.506 e. The van der Waals surface area contributed by atoms with Crippen molar-refractivity contribution in [3.63, 3.8) is 0 Å². The monoisotopic (exact) mass is 499 g/mol. The van der Waals surface area contributed by atoms with Gasteiger partial charge in [-0.25, -0.2) is 19.3 Å². The van der Waals surface area contributed by atoms with Gasteiger partial charge in [-0.2, -0.15) is 0 Å². The highest BCUT2D eigenvalue weighted by Crippen LogP contribution is 2.31. The zero-order valence-corrected chi connectivity index (χ0v) is 20.7. The molecule has 0 radical (unpaired) electrons. The summed E-state index contributed by atoms with van der Waals surface area (Å²) in [4.78, 5) is 28.8. The highest BCUT2D eigenvalue weighted by Gasteiger charge is 2.20. The van der Waals surface area contributed by atoms with E-state index in [2.05, 4.69) is 25.2 Å². The van der Waals surface area contributed by atoms with Gasteiger partial charge in [-0.05, 0) is 62.2 Å². The fourth-order valence-electron chi connectivity index (χ4n) is 4.73. The second kappa shape index (κ2) is 11.4. The third kappa shape index (κ3) is 6.09. The predicted molar refractivity (Wildman–Crippen MR) is 140 cm³/mol. The Morgan fingerprint density at radius 2 is 1.70 bits per heavy atom. The Morgan fingerprint density at radius 1 is 0.973 bits per heavy atom. The van der Waals surface area contributed by atoms with Gasteiger partial charge in [0, 0.05) is 24.9 Å². The number of nitrogens with zero attached hydrogens (tertiary/aromatic N) is 4. The van der Waals surface area contributed by atoms with E-state index in [9.17, 15) is 14.3 Å². The number of benzene rings is 2. The number of rotatable bonds is 9. The van der Waals surface area contributed by atoms with Crippen molar-refractivity contribution in [2.75, 3.05) is 26.2 Å². The molecule has 5 rings (SSSR count). The van der Waals surface area contributed by atoms with Crippen LogP contribution < -0.4 is 5.32 Å². The largest absolute Gasteiger partial charge is 0.506 e. The minimum absolute atomic E-state index is 0.0122. The van der Waals surface area contributed by atoms with Gasteiger partial charge in [-0.3, -0.25) is 4.79 Å². The van der Waals surface area contributed by atoms with Crippen molar-refractivity contribution in [2.24, 2.45) is 0 Å². The SMILES string of the molecule is O=C(NCCCN1CCCC1)c1cnc2nc(Cc3ccccc3)c(O)c(Cc3ccc(F)cc3)c2n1. The average Bonchev–Trinajstić information content (AvgIpc) is 3.44. The Balaban J connectivity index is 1.42. The Kier molecular flexibility index (Phi) is 7.65. The minimum atomic E-state index is -0.333. The predicted octanol–water partition coefficient (Wildman–Crippen LogP) is 4.27. The van der Waals surface area contributed by atoms with Gasteiger partial charge in [0.1, 0.15) is 22.8 Å². The number of pyridine rings is 1. The smallest absolute Gasteiger partial charge is 0.271 e. The van der Waals surface area contributed by atoms with E-state index in [1.54, 1.807) is 12.1 Å². The van der Waals surface area contributed by atoms with Gasteiger partial charge in [0.05, 0.1) is 11.9 Å². The van der Waals surface area contributed by atoms with E-state index in [0.717, 1.165) is 37.2 Å². The molecule has 0 aliphatic carbocycles. The summed E-state index contributed by atoms with van der Waals surface area (Å²) in [6.07, 6.45) is 5.49. The van der Waals surface area contributed by atoms with E-state index in [4.69, 9.17) is 0 Å². The lowest BCUT2D eigenvalue weighted by Crippen LogP contribution is -2.29. The normalized spacial score (nSPS) is 13.8. The first kappa shape index (κ1) is 24.8. The van der Waals surface area contributed by atoms with Crippen molar-refractivity contribution < 1.29 is 14.3 Å². The van der Waals surface area contributed by atoms with Crippen molar-refractivity contribution >= 4 is 17.1 Å². The second-order valence-electron chi connectivity index (χ2n) is 9.44. The molecule has 4 aromatic rings. The van der Waals surface area contributed by atoms with Crippen LogP contribution in [-0.2, 0) is 12.8 Å². The first-order valence-electron chi connectivity index (χ1n) is 12.7. The molecule has 190 valence electrons. The molecule has 1 aliphatic rings. The number of amides is 1. The molecule has 7 nitrogen and oxygen atoms in total. The second-order valence-corrected chi connectivity index (χ2v) is 9.44. The fourth-order valence-corrected chi connectivity index (χ4v) is 4.73. The maximum atomic E-state index is 13.5. The van der Waals surface area contributed by atoms with E-state index >= 15 is 0 Å². The molecule has 0 saturated carbocycles. The number of hydrogen-bond acceptors (Lipinski definition) is 6. The lowest BCUT2D eigenvalue weighted by molar-refractivity contribution is 0.0947. The Labute approximate surface area is 215 Å². The molecule has 3 heterocycles. The molecule has 0 atom stereocenters. The summed E-state index contributed by atoms with van der Waals surface area (Å²) < 4.78 is 13.5. The number of likely N-dealkylation sites (tertiary alicyclic amines) is 1. The maximum absolute atomic E-state index is 13.5. The van der Waals surface area contributed by atoms with E-state index in [1.165, 1.54) is 31.2 Å². The molecule has 1 saturated heterocycles. The summed E-state index contributed by atoms with van der Waals surface area (Å²) >= 11 is 0. The number of carbonyl (C=O) groups is 1. The number of fused-ring (bicyclic) bond motifs is 1. The number of hydrogen-bond donors (Lipinski definition) is 2. The van der Waals surface area contributed by atoms with Crippen LogP contribution in [0.15, 0.2) is 60.8 Å². The highest BCUT2D eigenvalue weighted by atomic mass is 19.1. The van der Waals surface area contributed by atoms with E-state index < -0.39 is 0 Å². The van der Waals surface area contributed by atoms with Gasteiger partial charge >= 0.3 is 0 Å². The zero-order chi connectivity index (χ0) is 25.6. The summed E-state index contributed by atoms with van der Waals surface area (Å²) in [5.74, 6) is -0.629. The van der Waals surface area contributed by atoms with E-state index in [-0.39, 0.29) is 23.2 Å². The molecule has 0 spiro atoms. The zero-order valence-electron chi connectivity index (χ0n) is 20.7. The number of carbonyl (C=O) groups excluding carboxylic acids is 1. The van der Waals surface area contributed by atoms with Gasteiger partial charge < -0.3 is 15.3 Å². The molecular weight excluding hydrogens is 469 g/mol. The first-order valence-corrected chi connectivity index (χ1v) is 12.7. The quantitative estimate of drug-likeness (QED) is 0.334. The fraction of sp³-hybridized carbons (Fsp3) is 0.310. The van der Waals surface area contributed by atoms with Crippen LogP contribution in [0.1, 0.15) is 52.1 Å². The van der Waals surface area contributed by atoms with E-state index in [1.807, 2.05) is 30.3 Å². The highest BCUT2D eigenvalue weighted by molar-refractivity contribution is 5.94. The number of aromatic hydroxyl groups is 1. The summed E-state index contributed by atoms with van der Waals surface area (Å²) in [6, 6.07) is 15.8. The number of halogens is 1. The molecule has 8 heteroatoms. The van der Waals surface area contributed by atoms with Gasteiger partial charge in [-0.1, -0.05) is 42.5 Å². The van der Waals surface area contributed by atoms with Gasteiger partial charge in [0.2, 0.25) is 0 Å². The summed E-state index contributed by atoms with van der Waals surface area (Å²) in [5.41, 5.74) is 3.67. The molecule has 0 bridgehead atoms. The Morgan fingerprint density at radius 3 is 2.46 bits per heavy atom. The van der Waals surface area contributed by atoms with Gasteiger partial charge in [0.15, 0.2) is 5.65 Å². The first-order chi connectivity index (χ1) is 18.1. The van der Waals surface area contributed by atoms with Crippen molar-refractivity contribution in [1.29, 1.82) is 0 Å². The van der Waals surface area contributed by atoms with Crippen molar-refractivity contribution in [1.82, 2.24) is 25.2 Å². The lowest BCUT2D eigenvalue weighted by atomic mass is 10.00. The Bertz CT molecular complexity index is 1370. The molecule has 2 aromatic carbocycles. The molecule has 2 aromatic heterocycles. The third-order valence-corrected chi connectivity index (χ3v) is 6.72. The summed E-state index contributed by atoms with van der Waals surface area (Å²) in [6.45, 7) is 3.78. The summed E-state index contributed by atoms with van der Waals surface area (Å²) in [5, 5.41) is 14.2. The van der Waals surface area contributed by atoms with Crippen LogP contribution in [0.3, 0.4) is 0 Å². The molecular formula is C29H30FN5O2. The molecule has 1 amide bonds. The molecule has 1 fully saturated rings. The standard InChI is InChI=1S/C29H30FN5O2/c30-22-11-9-21(10-12-22)17-23-26-28(34-24(27(23)36)18-20-7-2-1-3-8-20)32-19-25(33-26)29(37)31-13-6-16-35-14-4-5-15-35/h1-3,7-12,19,36H,4-6,13-18H2,(H,31,37). The van der Waals surface area contributed by atoms with Crippen LogP contribution in [0.4, 0.5) is 4.39 Å². The topological polar surface area (TPSA) is 91.2 Å². The number of nitrogens with one attached hydrogen (secondary N) is 1. The van der Waals surface area contributed by atoms with Crippen LogP contribution >= 0.6 is 0 Å². The third-order valence-electron chi connectivity index (χ3n) is 6.72. The van der Waals surface area contributed by atoms with Crippen LogP contribution in [-0.4, -0.2) is 57.0 Å². The molecule has 0 unspecified atom stereocenters. The lowest BCUT2D eigenvalue weighted by Gasteiger charge is -2.15. The summed E-state index contributed by atoms with van der Waals surface area (Å²) in [7, 11) is 0. The van der Waals surface area contributed by atoms with Crippen molar-refractivity contribution in [3.8, 4) is 5.75 Å². The molecule has 37 heavy (non-hydrogen) atoms. The van der Waals surface area contributed by atoms with Crippen LogP contribution in [0.25, 0.3) is 11.2 Å². The number of aromatic nitrogens is 3. The van der Waals surface area contributed by atoms with E-state index in [0.29, 0.717) is 41.8 Å². The average molecular weight is 500 g/mol. The van der Waals surface area contributed by atoms with Crippen LogP contribution in [0.2, 0.25) is 0 Å². The van der Waals surface area contributed by atoms with Crippen LogP contribution in [0.5, 0.6) is 5.75 Å². The van der Waals surface area contributed by atoms with Gasteiger partial charge in [0.25, 0.3) is 5.91 Å². The maximum Gasteiger partial charge on any atom is 0.271 e. The van der Waals surface area contributed by atoms with Crippen LogP contribution in [0, 0.1) is 5.82 Å².